The molecule has 0 amide bonds. The number of halogens is 4. The van der Waals surface area contributed by atoms with Crippen molar-refractivity contribution in [2.45, 2.75) is 31.4 Å². The monoisotopic (exact) mass is 308 g/mol. The van der Waals surface area contributed by atoms with E-state index in [1.54, 1.807) is 30.3 Å². The van der Waals surface area contributed by atoms with Crippen LogP contribution in [0.25, 0.3) is 0 Å². The van der Waals surface area contributed by atoms with Gasteiger partial charge in [0.05, 0.1) is 6.67 Å². The van der Waals surface area contributed by atoms with Crippen molar-refractivity contribution < 1.29 is 22.4 Å². The minimum absolute atomic E-state index is 0.0277. The molecule has 0 radical (unpaired) electrons. The van der Waals surface area contributed by atoms with Crippen molar-refractivity contribution >= 4 is 16.9 Å². The summed E-state index contributed by atoms with van der Waals surface area (Å²) in [7, 11) is 0. The molecule has 0 aliphatic carbocycles. The van der Waals surface area contributed by atoms with Gasteiger partial charge in [0.25, 0.3) is 5.92 Å². The average molecular weight is 308 g/mol. The minimum Gasteiger partial charge on any atom is -0.282 e. The highest BCUT2D eigenvalue weighted by Crippen LogP contribution is 2.30. The molecule has 1 atom stereocenters. The maximum atomic E-state index is 13.4. The molecule has 112 valence electrons. The summed E-state index contributed by atoms with van der Waals surface area (Å²) in [4.78, 5) is 11.7. The third-order valence-corrected chi connectivity index (χ3v) is 3.65. The van der Waals surface area contributed by atoms with Gasteiger partial charge in [-0.1, -0.05) is 42.1 Å². The van der Waals surface area contributed by atoms with Gasteiger partial charge < -0.3 is 0 Å². The van der Waals surface area contributed by atoms with E-state index in [0.717, 1.165) is 11.8 Å². The number of rotatable bonds is 8. The molecule has 0 saturated heterocycles. The van der Waals surface area contributed by atoms with E-state index >= 15 is 0 Å². The molecule has 0 saturated carbocycles. The van der Waals surface area contributed by atoms with E-state index < -0.39 is 31.6 Å². The molecular formula is C14H16F4OS. The molecule has 1 aromatic carbocycles. The molecule has 6 heteroatoms. The van der Waals surface area contributed by atoms with Gasteiger partial charge in [0, 0.05) is 17.7 Å². The Morgan fingerprint density at radius 3 is 2.50 bits per heavy atom. The molecule has 0 aromatic heterocycles. The summed E-state index contributed by atoms with van der Waals surface area (Å²) < 4.78 is 51.6. The highest BCUT2D eigenvalue weighted by Gasteiger charge is 2.38. The fourth-order valence-electron chi connectivity index (χ4n) is 1.58. The lowest BCUT2D eigenvalue weighted by Crippen LogP contribution is -2.30. The van der Waals surface area contributed by atoms with Crippen LogP contribution in [0.3, 0.4) is 0 Å². The van der Waals surface area contributed by atoms with Crippen molar-refractivity contribution in [2.24, 2.45) is 0 Å². The second kappa shape index (κ2) is 8.29. The lowest BCUT2D eigenvalue weighted by atomic mass is 10.1. The zero-order valence-electron chi connectivity index (χ0n) is 10.8. The first kappa shape index (κ1) is 17.0. The summed E-state index contributed by atoms with van der Waals surface area (Å²) in [5.41, 5.74) is 0.456. The maximum absolute atomic E-state index is 13.4. The van der Waals surface area contributed by atoms with Crippen LogP contribution in [0.5, 0.6) is 0 Å². The average Bonchev–Trinajstić information content (AvgIpc) is 2.45. The topological polar surface area (TPSA) is 17.1 Å². The third kappa shape index (κ3) is 5.53. The minimum atomic E-state index is -3.53. The van der Waals surface area contributed by atoms with Crippen molar-refractivity contribution in [3.8, 4) is 0 Å². The molecule has 0 aliphatic heterocycles. The summed E-state index contributed by atoms with van der Waals surface area (Å²) in [6.07, 6.45) is -3.93. The van der Waals surface area contributed by atoms with Gasteiger partial charge in [0.2, 0.25) is 5.12 Å². The van der Waals surface area contributed by atoms with Crippen LogP contribution in [0.1, 0.15) is 29.6 Å². The first-order chi connectivity index (χ1) is 9.47. The summed E-state index contributed by atoms with van der Waals surface area (Å²) in [6, 6.07) is 8.36. The number of alkyl halides is 4. The molecule has 0 N–H and O–H groups in total. The fourth-order valence-corrected chi connectivity index (χ4v) is 2.40. The van der Waals surface area contributed by atoms with Crippen LogP contribution in [0, 0.1) is 0 Å². The van der Waals surface area contributed by atoms with Gasteiger partial charge in [0.1, 0.15) is 0 Å². The summed E-state index contributed by atoms with van der Waals surface area (Å²) in [5, 5.41) is -0.273. The van der Waals surface area contributed by atoms with Crippen molar-refractivity contribution in [3.63, 3.8) is 0 Å². The van der Waals surface area contributed by atoms with E-state index in [1.165, 1.54) is 0 Å². The Labute approximate surface area is 119 Å². The van der Waals surface area contributed by atoms with E-state index in [-0.39, 0.29) is 17.3 Å². The Hall–Kier alpha value is -1.04. The number of hydrogen-bond acceptors (Lipinski definition) is 2. The number of carbonyl (C=O) groups excluding carboxylic acids is 1. The predicted octanol–water partition coefficient (Wildman–Crippen LogP) is 4.67. The van der Waals surface area contributed by atoms with E-state index in [4.69, 9.17) is 0 Å². The van der Waals surface area contributed by atoms with E-state index in [1.807, 2.05) is 0 Å². The normalized spacial score (nSPS) is 13.2. The second-order valence-corrected chi connectivity index (χ2v) is 5.38. The molecule has 0 bridgehead atoms. The lowest BCUT2D eigenvalue weighted by molar-refractivity contribution is -0.0808. The Balaban J connectivity index is 2.35. The Morgan fingerprint density at radius 1 is 1.25 bits per heavy atom. The fraction of sp³-hybridized carbons (Fsp3) is 0.500. The van der Waals surface area contributed by atoms with Gasteiger partial charge in [-0.25, -0.2) is 13.2 Å². The molecule has 20 heavy (non-hydrogen) atoms. The first-order valence-electron chi connectivity index (χ1n) is 6.27. The van der Waals surface area contributed by atoms with E-state index in [2.05, 4.69) is 0 Å². The van der Waals surface area contributed by atoms with Crippen LogP contribution in [0.15, 0.2) is 30.3 Å². The van der Waals surface area contributed by atoms with E-state index in [0.29, 0.717) is 5.56 Å². The molecule has 0 spiro atoms. The number of carbonyl (C=O) groups is 1. The predicted molar refractivity (Wildman–Crippen MR) is 72.9 cm³/mol. The summed E-state index contributed by atoms with van der Waals surface area (Å²) >= 11 is 0.811. The standard InChI is InChI=1S/C14H16F4OS/c15-9-4-8-14(17,18)12(16)7-10-20-13(19)11-5-2-1-3-6-11/h1-3,5-6,12H,4,7-10H2. The third-order valence-electron chi connectivity index (χ3n) is 2.72. The second-order valence-electron chi connectivity index (χ2n) is 4.31. The summed E-state index contributed by atoms with van der Waals surface area (Å²) in [5.74, 6) is -3.55. The van der Waals surface area contributed by atoms with Crippen LogP contribution in [-0.4, -0.2) is 29.6 Å². The first-order valence-corrected chi connectivity index (χ1v) is 7.26. The van der Waals surface area contributed by atoms with Crippen molar-refractivity contribution in [1.29, 1.82) is 0 Å². The van der Waals surface area contributed by atoms with Gasteiger partial charge in [-0.2, -0.15) is 0 Å². The molecule has 0 heterocycles. The summed E-state index contributed by atoms with van der Waals surface area (Å²) in [6.45, 7) is -0.885. The Kier molecular flexibility index (Phi) is 7.05. The molecule has 1 nitrogen and oxygen atoms in total. The van der Waals surface area contributed by atoms with Gasteiger partial charge in [-0.05, 0) is 12.8 Å². The highest BCUT2D eigenvalue weighted by atomic mass is 32.2. The van der Waals surface area contributed by atoms with Crippen molar-refractivity contribution in [1.82, 2.24) is 0 Å². The van der Waals surface area contributed by atoms with Crippen LogP contribution >= 0.6 is 11.8 Å². The smallest absolute Gasteiger partial charge is 0.278 e. The molecule has 1 unspecified atom stereocenters. The van der Waals surface area contributed by atoms with Crippen LogP contribution in [0.2, 0.25) is 0 Å². The maximum Gasteiger partial charge on any atom is 0.278 e. The van der Waals surface area contributed by atoms with Gasteiger partial charge in [0.15, 0.2) is 6.17 Å². The number of thioether (sulfide) groups is 1. The highest BCUT2D eigenvalue weighted by molar-refractivity contribution is 8.14. The van der Waals surface area contributed by atoms with Crippen molar-refractivity contribution in [3.05, 3.63) is 35.9 Å². The Bertz CT molecular complexity index is 411. The molecular weight excluding hydrogens is 292 g/mol. The molecule has 1 aromatic rings. The van der Waals surface area contributed by atoms with Crippen molar-refractivity contribution in [2.75, 3.05) is 12.4 Å². The van der Waals surface area contributed by atoms with Gasteiger partial charge >= 0.3 is 0 Å². The quantitative estimate of drug-likeness (QED) is 0.649. The largest absolute Gasteiger partial charge is 0.282 e. The zero-order valence-corrected chi connectivity index (χ0v) is 11.6. The molecule has 0 fully saturated rings. The van der Waals surface area contributed by atoms with Crippen LogP contribution in [0.4, 0.5) is 17.6 Å². The molecule has 1 rings (SSSR count). The van der Waals surface area contributed by atoms with Crippen LogP contribution < -0.4 is 0 Å². The number of benzene rings is 1. The van der Waals surface area contributed by atoms with Gasteiger partial charge in [-0.15, -0.1) is 0 Å². The zero-order chi connectivity index (χ0) is 15.0. The number of hydrogen-bond donors (Lipinski definition) is 0. The van der Waals surface area contributed by atoms with Crippen LogP contribution in [-0.2, 0) is 0 Å². The molecule has 0 aliphatic rings. The Morgan fingerprint density at radius 2 is 1.90 bits per heavy atom. The van der Waals surface area contributed by atoms with Gasteiger partial charge in [-0.3, -0.25) is 9.18 Å². The van der Waals surface area contributed by atoms with E-state index in [9.17, 15) is 22.4 Å². The SMILES string of the molecule is O=C(SCCC(F)C(F)(F)CCCF)c1ccccc1. The lowest BCUT2D eigenvalue weighted by Gasteiger charge is -2.19.